The molecule has 0 amide bonds. The Morgan fingerprint density at radius 2 is 2.24 bits per heavy atom. The third-order valence-corrected chi connectivity index (χ3v) is 3.95. The number of nitrogens with one attached hydrogen (secondary N) is 2. The molecule has 21 heavy (non-hydrogen) atoms. The molecule has 114 valence electrons. The Kier molecular flexibility index (Phi) is 4.72. The number of hydrogen-bond acceptors (Lipinski definition) is 4. The van der Waals surface area contributed by atoms with E-state index in [2.05, 4.69) is 15.5 Å². The van der Waals surface area contributed by atoms with Gasteiger partial charge in [-0.1, -0.05) is 12.8 Å². The molecule has 0 bridgehead atoms. The van der Waals surface area contributed by atoms with Crippen LogP contribution < -0.4 is 5.32 Å². The Bertz CT molecular complexity index is 555. The van der Waals surface area contributed by atoms with Gasteiger partial charge in [-0.15, -0.1) is 0 Å². The molecular weight excluding hydrogens is 266 g/mol. The van der Waals surface area contributed by atoms with Gasteiger partial charge in [0, 0.05) is 18.7 Å². The maximum Gasteiger partial charge on any atom is 0.152 e. The molecule has 2 aromatic rings. The lowest BCUT2D eigenvalue weighted by atomic mass is 10.2. The summed E-state index contributed by atoms with van der Waals surface area (Å²) in [5, 5.41) is 10.5. The second-order valence-electron chi connectivity index (χ2n) is 5.63. The summed E-state index contributed by atoms with van der Waals surface area (Å²) in [4.78, 5) is 0. The van der Waals surface area contributed by atoms with Crippen molar-refractivity contribution < 1.29 is 9.15 Å². The Morgan fingerprint density at radius 3 is 3.00 bits per heavy atom. The number of aromatic nitrogens is 2. The van der Waals surface area contributed by atoms with Crippen LogP contribution in [0, 0.1) is 6.92 Å². The third-order valence-electron chi connectivity index (χ3n) is 3.95. The van der Waals surface area contributed by atoms with Gasteiger partial charge in [0.15, 0.2) is 5.76 Å². The minimum atomic E-state index is 0.488. The molecule has 0 saturated heterocycles. The standard InChI is InChI=1S/C16H23N3O2/c1-12-6-7-15(21-12)16-13(11-18-19-16)10-17-8-9-20-14-4-2-3-5-14/h6-7,11,14,17H,2-5,8-10H2,1H3,(H,18,19). The zero-order chi connectivity index (χ0) is 14.5. The first-order chi connectivity index (χ1) is 10.3. The van der Waals surface area contributed by atoms with Gasteiger partial charge >= 0.3 is 0 Å². The van der Waals surface area contributed by atoms with E-state index in [0.29, 0.717) is 6.10 Å². The van der Waals surface area contributed by atoms with Crippen LogP contribution in [0.2, 0.25) is 0 Å². The van der Waals surface area contributed by atoms with Crippen molar-refractivity contribution in [3.05, 3.63) is 29.7 Å². The minimum Gasteiger partial charge on any atom is -0.460 e. The normalized spacial score (nSPS) is 15.9. The zero-order valence-corrected chi connectivity index (χ0v) is 12.5. The van der Waals surface area contributed by atoms with Gasteiger partial charge in [-0.2, -0.15) is 5.10 Å². The van der Waals surface area contributed by atoms with Crippen LogP contribution in [-0.4, -0.2) is 29.5 Å². The van der Waals surface area contributed by atoms with E-state index in [1.165, 1.54) is 25.7 Å². The van der Waals surface area contributed by atoms with Crippen LogP contribution in [0.5, 0.6) is 0 Å². The van der Waals surface area contributed by atoms with Gasteiger partial charge in [0.1, 0.15) is 11.5 Å². The summed E-state index contributed by atoms with van der Waals surface area (Å²) in [6.07, 6.45) is 7.42. The van der Waals surface area contributed by atoms with Crippen LogP contribution in [0.3, 0.4) is 0 Å². The highest BCUT2D eigenvalue weighted by atomic mass is 16.5. The topological polar surface area (TPSA) is 63.1 Å². The smallest absolute Gasteiger partial charge is 0.152 e. The molecule has 5 nitrogen and oxygen atoms in total. The molecule has 0 aromatic carbocycles. The molecule has 1 fully saturated rings. The molecule has 1 aliphatic carbocycles. The summed E-state index contributed by atoms with van der Waals surface area (Å²) in [5.41, 5.74) is 2.07. The summed E-state index contributed by atoms with van der Waals surface area (Å²) in [5.74, 6) is 1.74. The van der Waals surface area contributed by atoms with Crippen molar-refractivity contribution in [2.45, 2.75) is 45.3 Å². The Labute approximate surface area is 125 Å². The van der Waals surface area contributed by atoms with Gasteiger partial charge < -0.3 is 14.5 Å². The maximum atomic E-state index is 5.84. The van der Waals surface area contributed by atoms with Gasteiger partial charge in [-0.25, -0.2) is 0 Å². The van der Waals surface area contributed by atoms with Crippen LogP contribution in [-0.2, 0) is 11.3 Å². The van der Waals surface area contributed by atoms with Gasteiger partial charge in [-0.05, 0) is 31.9 Å². The first-order valence-corrected chi connectivity index (χ1v) is 7.74. The molecule has 0 aliphatic heterocycles. The van der Waals surface area contributed by atoms with Crippen LogP contribution in [0.1, 0.15) is 37.0 Å². The highest BCUT2D eigenvalue weighted by Gasteiger charge is 2.15. The molecular formula is C16H23N3O2. The zero-order valence-electron chi connectivity index (χ0n) is 12.5. The van der Waals surface area contributed by atoms with Crippen molar-refractivity contribution in [3.8, 4) is 11.5 Å². The molecule has 5 heteroatoms. The monoisotopic (exact) mass is 289 g/mol. The highest BCUT2D eigenvalue weighted by molar-refractivity contribution is 5.56. The largest absolute Gasteiger partial charge is 0.460 e. The minimum absolute atomic E-state index is 0.488. The predicted octanol–water partition coefficient (Wildman–Crippen LogP) is 3.03. The fourth-order valence-electron chi connectivity index (χ4n) is 2.80. The van der Waals surface area contributed by atoms with E-state index in [0.717, 1.165) is 42.5 Å². The van der Waals surface area contributed by atoms with Crippen LogP contribution in [0.25, 0.3) is 11.5 Å². The summed E-state index contributed by atoms with van der Waals surface area (Å²) in [6.45, 7) is 4.34. The van der Waals surface area contributed by atoms with Gasteiger partial charge in [0.25, 0.3) is 0 Å². The maximum absolute atomic E-state index is 5.84. The lowest BCUT2D eigenvalue weighted by Gasteiger charge is -2.11. The number of furan rings is 1. The first-order valence-electron chi connectivity index (χ1n) is 7.74. The lowest BCUT2D eigenvalue weighted by molar-refractivity contribution is 0.0603. The molecule has 2 aromatic heterocycles. The third kappa shape index (κ3) is 3.74. The molecule has 0 spiro atoms. The van der Waals surface area contributed by atoms with E-state index in [4.69, 9.17) is 9.15 Å². The molecule has 2 N–H and O–H groups in total. The number of ether oxygens (including phenoxy) is 1. The quantitative estimate of drug-likeness (QED) is 0.769. The van der Waals surface area contributed by atoms with Gasteiger partial charge in [0.2, 0.25) is 0 Å². The van der Waals surface area contributed by atoms with E-state index in [9.17, 15) is 0 Å². The lowest BCUT2D eigenvalue weighted by Crippen LogP contribution is -2.21. The number of nitrogens with zero attached hydrogens (tertiary/aromatic N) is 1. The highest BCUT2D eigenvalue weighted by Crippen LogP contribution is 2.23. The number of rotatable bonds is 7. The van der Waals surface area contributed by atoms with Gasteiger partial charge in [0.05, 0.1) is 18.9 Å². The fourth-order valence-corrected chi connectivity index (χ4v) is 2.80. The average molecular weight is 289 g/mol. The van der Waals surface area contributed by atoms with Crippen LogP contribution in [0.4, 0.5) is 0 Å². The summed E-state index contributed by atoms with van der Waals surface area (Å²) < 4.78 is 11.5. The van der Waals surface area contributed by atoms with Crippen molar-refractivity contribution in [1.29, 1.82) is 0 Å². The van der Waals surface area contributed by atoms with Crippen molar-refractivity contribution in [2.75, 3.05) is 13.2 Å². The number of aryl methyl sites for hydroxylation is 1. The molecule has 0 unspecified atom stereocenters. The summed E-state index contributed by atoms with van der Waals surface area (Å²) in [7, 11) is 0. The van der Waals surface area contributed by atoms with Gasteiger partial charge in [-0.3, -0.25) is 5.10 Å². The van der Waals surface area contributed by atoms with E-state index in [-0.39, 0.29) is 0 Å². The molecule has 2 heterocycles. The second kappa shape index (κ2) is 6.91. The van der Waals surface area contributed by atoms with E-state index < -0.39 is 0 Å². The summed E-state index contributed by atoms with van der Waals surface area (Å²) >= 11 is 0. The number of hydrogen-bond donors (Lipinski definition) is 2. The average Bonchev–Trinajstić information content (AvgIpc) is 3.19. The molecule has 0 atom stereocenters. The molecule has 3 rings (SSSR count). The molecule has 0 radical (unpaired) electrons. The first kappa shape index (κ1) is 14.4. The van der Waals surface area contributed by atoms with Crippen molar-refractivity contribution >= 4 is 0 Å². The number of H-pyrrole nitrogens is 1. The predicted molar refractivity (Wildman–Crippen MR) is 80.9 cm³/mol. The SMILES string of the molecule is Cc1ccc(-c2[nH]ncc2CNCCOC2CCCC2)o1. The number of aromatic amines is 1. The van der Waals surface area contributed by atoms with Crippen LogP contribution in [0.15, 0.2) is 22.7 Å². The van der Waals surface area contributed by atoms with E-state index >= 15 is 0 Å². The van der Waals surface area contributed by atoms with Crippen molar-refractivity contribution in [2.24, 2.45) is 0 Å². The van der Waals surface area contributed by atoms with E-state index in [1.54, 1.807) is 0 Å². The van der Waals surface area contributed by atoms with Crippen molar-refractivity contribution in [3.63, 3.8) is 0 Å². The fraction of sp³-hybridized carbons (Fsp3) is 0.562. The Hall–Kier alpha value is -1.59. The van der Waals surface area contributed by atoms with Crippen LogP contribution >= 0.6 is 0 Å². The van der Waals surface area contributed by atoms with Crippen molar-refractivity contribution in [1.82, 2.24) is 15.5 Å². The Morgan fingerprint density at radius 1 is 1.38 bits per heavy atom. The second-order valence-corrected chi connectivity index (χ2v) is 5.63. The summed E-state index contributed by atoms with van der Waals surface area (Å²) in [6, 6.07) is 3.93. The molecule has 1 saturated carbocycles. The van der Waals surface area contributed by atoms with E-state index in [1.807, 2.05) is 25.3 Å². The molecule has 1 aliphatic rings. The Balaban J connectivity index is 1.44.